The molecule has 16 nitrogen and oxygen atoms in total. The first-order chi connectivity index (χ1) is 28.5. The van der Waals surface area contributed by atoms with Crippen molar-refractivity contribution in [3.8, 4) is 0 Å². The summed E-state index contributed by atoms with van der Waals surface area (Å²) in [6.07, 6.45) is 0. The Morgan fingerprint density at radius 3 is 1.50 bits per heavy atom. The van der Waals surface area contributed by atoms with E-state index in [2.05, 4.69) is 77.3 Å². The third kappa shape index (κ3) is 19.6. The molecule has 0 unspecified atom stereocenters. The molecule has 0 spiro atoms. The van der Waals surface area contributed by atoms with E-state index in [1.54, 1.807) is 30.3 Å². The number of carbonyl (C=O) groups excluding carboxylic acids is 4. The molecule has 24 heteroatoms. The quantitative estimate of drug-likeness (QED) is 0.0340. The molecule has 3 aromatic carbocycles. The lowest BCUT2D eigenvalue weighted by Crippen LogP contribution is -2.39. The van der Waals surface area contributed by atoms with E-state index in [1.165, 1.54) is 29.1 Å². The van der Waals surface area contributed by atoms with Crippen LogP contribution in [0.4, 0.5) is 32.8 Å². The number of nitrogens with zero attached hydrogens (tertiary/aromatic N) is 2. The number of carbonyl (C=O) groups is 4. The van der Waals surface area contributed by atoms with Gasteiger partial charge in [0.15, 0.2) is 0 Å². The first kappa shape index (κ1) is 52.1. The Hall–Kier alpha value is -4.00. The zero-order valence-electron chi connectivity index (χ0n) is 32.0. The number of alkyl halides is 2. The van der Waals surface area contributed by atoms with Gasteiger partial charge in [0, 0.05) is 11.4 Å². The molecule has 322 valence electrons. The van der Waals surface area contributed by atoms with Crippen LogP contribution >= 0.6 is 93.5 Å². The number of benzene rings is 3. The highest BCUT2D eigenvalue weighted by atomic mass is 79.9. The van der Waals surface area contributed by atoms with Gasteiger partial charge in [-0.15, -0.1) is 70.5 Å². The number of ether oxygens (including phenoxy) is 1. The van der Waals surface area contributed by atoms with E-state index in [0.717, 1.165) is 27.0 Å². The van der Waals surface area contributed by atoms with Gasteiger partial charge in [-0.3, -0.25) is 19.2 Å². The van der Waals surface area contributed by atoms with E-state index in [-0.39, 0.29) is 15.1 Å². The first-order valence-electron chi connectivity index (χ1n) is 17.1. The minimum absolute atomic E-state index is 0.0958. The number of primary amides is 4. The molecule has 5 rings (SSSR count). The second-order valence-corrected chi connectivity index (χ2v) is 20.7. The smallest absolute Gasteiger partial charge is 0.369 e. The van der Waals surface area contributed by atoms with E-state index in [4.69, 9.17) is 56.0 Å². The minimum Gasteiger partial charge on any atom is -0.394 e. The van der Waals surface area contributed by atoms with Crippen LogP contribution in [-0.2, 0) is 20.9 Å². The second kappa shape index (κ2) is 27.8. The average Bonchev–Trinajstić information content (AvgIpc) is 3.80. The lowest BCUT2D eigenvalue weighted by atomic mass is 10.1. The van der Waals surface area contributed by atoms with Gasteiger partial charge < -0.3 is 54.0 Å². The van der Waals surface area contributed by atoms with E-state index in [1.807, 2.05) is 56.3 Å². The number of anilines is 6. The second-order valence-electron chi connectivity index (χ2n) is 11.9. The zero-order valence-corrected chi connectivity index (χ0v) is 39.9. The number of nitrogens with one attached hydrogen (secondary N) is 4. The number of aryl methyl sites for hydroxylation is 2. The van der Waals surface area contributed by atoms with Gasteiger partial charge in [-0.2, -0.15) is 8.75 Å². The molecular formula is C36H42BBr3Cl2N10O6S2. The molecule has 2 heterocycles. The van der Waals surface area contributed by atoms with Crippen LogP contribution in [-0.4, -0.2) is 71.3 Å². The van der Waals surface area contributed by atoms with Crippen molar-refractivity contribution in [2.24, 2.45) is 22.9 Å². The van der Waals surface area contributed by atoms with Gasteiger partial charge >= 0.3 is 3.18 Å². The molecule has 0 aliphatic carbocycles. The molecule has 5 aromatic rings. The van der Waals surface area contributed by atoms with Crippen LogP contribution in [0.25, 0.3) is 0 Å². The lowest BCUT2D eigenvalue weighted by molar-refractivity contribution is -0.120. The number of hydrogen-bond donors (Lipinski definition) is 9. The largest absolute Gasteiger partial charge is 0.394 e. The molecule has 0 saturated carbocycles. The Labute approximate surface area is 390 Å². The van der Waals surface area contributed by atoms with Crippen molar-refractivity contribution in [1.29, 1.82) is 0 Å². The molecular weight excluding hydrogens is 1050 g/mol. The highest BCUT2D eigenvalue weighted by Gasteiger charge is 2.19. The van der Waals surface area contributed by atoms with Crippen LogP contribution in [0.15, 0.2) is 78.9 Å². The predicted molar refractivity (Wildman–Crippen MR) is 256 cm³/mol. The standard InChI is InChI=1S/C21H23N5O3S.C14H17N5O3S.CH2Cl2.BBr3/c1-13-9-19(30-26-13)25-17-10-15(7-8-16(17)20(22)27)24-18(21(23)28)12-29-11-14-5-3-2-4-6-14;1-7-4-12(23-19-7)18-10-5-8(2-3-9(10)13(15)21)17-11(6-20)14(16)22;2-1-3;2-1(3)4/h2-10,18,24-25H,11-12H2,1H3,(H2,22,27)(H2,23,28);2-5,11,17-18,20H,6H2,1H3,(H2,15,21)(H2,16,22);1H2;/t18-;11-;;/m11../s1. The fraction of sp³-hybridized carbons (Fsp3) is 0.222. The van der Waals surface area contributed by atoms with Gasteiger partial charge in [0.05, 0.1) is 59.0 Å². The number of aromatic nitrogens is 2. The van der Waals surface area contributed by atoms with Crippen molar-refractivity contribution in [2.45, 2.75) is 32.5 Å². The highest BCUT2D eigenvalue weighted by molar-refractivity contribution is 9.69. The Morgan fingerprint density at radius 1 is 0.733 bits per heavy atom. The Kier molecular flexibility index (Phi) is 24.1. The molecule has 60 heavy (non-hydrogen) atoms. The molecule has 0 aliphatic heterocycles. The number of halogens is 5. The zero-order chi connectivity index (χ0) is 44.8. The molecule has 0 radical (unpaired) electrons. The SMILES string of the molecule is BrB(Br)Br.Cc1cc(Nc2cc(N[C@H](CO)C(N)=O)ccc2C(N)=O)sn1.Cc1cc(Nc2cc(N[C@H](COCc3ccccc3)C(N)=O)ccc2C(N)=O)sn1.ClCCl. The molecule has 0 fully saturated rings. The number of hydrogen-bond acceptors (Lipinski definition) is 14. The summed E-state index contributed by atoms with van der Waals surface area (Å²) in [4.78, 5) is 46.4. The monoisotopic (exact) mass is 1090 g/mol. The Morgan fingerprint density at radius 2 is 1.15 bits per heavy atom. The molecule has 0 bridgehead atoms. The van der Waals surface area contributed by atoms with Gasteiger partial charge in [-0.05, 0) is 91.0 Å². The number of nitrogens with two attached hydrogens (primary N) is 4. The third-order valence-corrected chi connectivity index (χ3v) is 8.88. The third-order valence-electron chi connectivity index (χ3n) is 7.29. The van der Waals surface area contributed by atoms with Crippen LogP contribution in [0.5, 0.6) is 0 Å². The number of aliphatic hydroxyl groups excluding tert-OH is 1. The molecule has 0 saturated heterocycles. The van der Waals surface area contributed by atoms with Crippen molar-refractivity contribution < 1.29 is 29.0 Å². The topological polar surface area (TPSA) is 276 Å². The molecule has 2 atom stereocenters. The summed E-state index contributed by atoms with van der Waals surface area (Å²) in [7, 11) is 0. The van der Waals surface area contributed by atoms with E-state index < -0.39 is 42.3 Å². The van der Waals surface area contributed by atoms with Gasteiger partial charge in [-0.25, -0.2) is 0 Å². The maximum atomic E-state index is 11.9. The maximum Gasteiger partial charge on any atom is 0.369 e. The summed E-state index contributed by atoms with van der Waals surface area (Å²) in [5.41, 5.74) is 27.0. The van der Waals surface area contributed by atoms with Crippen LogP contribution in [0.1, 0.15) is 37.7 Å². The normalized spacial score (nSPS) is 11.1. The first-order valence-corrected chi connectivity index (χ1v) is 22.5. The van der Waals surface area contributed by atoms with Crippen molar-refractivity contribution in [1.82, 2.24) is 8.75 Å². The van der Waals surface area contributed by atoms with Crippen LogP contribution in [0.2, 0.25) is 0 Å². The molecule has 2 aromatic heterocycles. The van der Waals surface area contributed by atoms with Gasteiger partial charge in [0.25, 0.3) is 11.8 Å². The Bertz CT molecular complexity index is 2140. The molecule has 13 N–H and O–H groups in total. The fourth-order valence-electron chi connectivity index (χ4n) is 4.69. The molecule has 0 aliphatic rings. The van der Waals surface area contributed by atoms with Crippen molar-refractivity contribution in [3.63, 3.8) is 0 Å². The molecule has 4 amide bonds. The van der Waals surface area contributed by atoms with Crippen LogP contribution in [0, 0.1) is 13.8 Å². The highest BCUT2D eigenvalue weighted by Crippen LogP contribution is 2.29. The van der Waals surface area contributed by atoms with Crippen LogP contribution < -0.4 is 44.2 Å². The predicted octanol–water partition coefficient (Wildman–Crippen LogP) is 6.91. The summed E-state index contributed by atoms with van der Waals surface area (Å²) >= 11 is 21.4. The Balaban J connectivity index is 0.000000367. The maximum absolute atomic E-state index is 11.9. The summed E-state index contributed by atoms with van der Waals surface area (Å²) in [6.45, 7) is 3.75. The fourth-order valence-corrected chi connectivity index (χ4v) is 6.04. The van der Waals surface area contributed by atoms with Crippen molar-refractivity contribution in [3.05, 3.63) is 107 Å². The number of rotatable bonds is 17. The van der Waals surface area contributed by atoms with E-state index in [9.17, 15) is 19.2 Å². The number of aliphatic hydroxyl groups is 1. The van der Waals surface area contributed by atoms with Crippen LogP contribution in [0.3, 0.4) is 0 Å². The minimum atomic E-state index is -0.923. The average molecular weight is 1100 g/mol. The van der Waals surface area contributed by atoms with Gasteiger partial charge in [0.1, 0.15) is 22.1 Å². The van der Waals surface area contributed by atoms with E-state index >= 15 is 0 Å². The van der Waals surface area contributed by atoms with E-state index in [0.29, 0.717) is 40.5 Å². The number of amides is 4. The van der Waals surface area contributed by atoms with Crippen molar-refractivity contribution >= 4 is 153 Å². The van der Waals surface area contributed by atoms with Gasteiger partial charge in [-0.1, -0.05) is 30.3 Å². The summed E-state index contributed by atoms with van der Waals surface area (Å²) in [5.74, 6) is -2.38. The summed E-state index contributed by atoms with van der Waals surface area (Å²) in [5, 5.41) is 22.9. The van der Waals surface area contributed by atoms with Crippen molar-refractivity contribution in [2.75, 3.05) is 39.8 Å². The lowest BCUT2D eigenvalue weighted by Gasteiger charge is -2.18. The summed E-state index contributed by atoms with van der Waals surface area (Å²) < 4.78 is 14.3. The summed E-state index contributed by atoms with van der Waals surface area (Å²) in [6, 6.07) is 21.3. The van der Waals surface area contributed by atoms with Gasteiger partial charge in [0.2, 0.25) is 11.8 Å².